The topological polar surface area (TPSA) is 40.5 Å². The average Bonchev–Trinajstić information content (AvgIpc) is 2.86. The van der Waals surface area contributed by atoms with Gasteiger partial charge in [0.2, 0.25) is 0 Å². The van der Waals surface area contributed by atoms with Crippen LogP contribution in [0.25, 0.3) is 0 Å². The zero-order valence-corrected chi connectivity index (χ0v) is 14.2. The van der Waals surface area contributed by atoms with Crippen LogP contribution in [0.3, 0.4) is 0 Å². The van der Waals surface area contributed by atoms with E-state index in [2.05, 4.69) is 13.8 Å². The van der Waals surface area contributed by atoms with Crippen molar-refractivity contribution < 1.29 is 10.2 Å². The van der Waals surface area contributed by atoms with Crippen molar-refractivity contribution in [1.29, 1.82) is 0 Å². The van der Waals surface area contributed by atoms with Gasteiger partial charge < -0.3 is 10.2 Å². The molecule has 2 heteroatoms. The number of fused-ring (bicyclic) bond motifs is 5. The SMILES string of the molecule is C[C@@]12CCC[C@H]1[C@@H]1CC[C@H]3CCC(=CO)C[C@]3(C)[C@H]1C(O)C2. The molecule has 22 heavy (non-hydrogen) atoms. The van der Waals surface area contributed by atoms with Gasteiger partial charge in [0, 0.05) is 0 Å². The smallest absolute Gasteiger partial charge is 0.0783 e. The van der Waals surface area contributed by atoms with Crippen molar-refractivity contribution >= 4 is 0 Å². The Bertz CT molecular complexity index is 484. The van der Waals surface area contributed by atoms with Gasteiger partial charge in [0.05, 0.1) is 12.4 Å². The Morgan fingerprint density at radius 1 is 1.14 bits per heavy atom. The van der Waals surface area contributed by atoms with Gasteiger partial charge in [0.15, 0.2) is 0 Å². The summed E-state index contributed by atoms with van der Waals surface area (Å²) in [5.74, 6) is 2.76. The van der Waals surface area contributed by atoms with Crippen LogP contribution in [0.15, 0.2) is 11.8 Å². The van der Waals surface area contributed by atoms with Crippen molar-refractivity contribution in [2.75, 3.05) is 0 Å². The first-order chi connectivity index (χ1) is 10.5. The second kappa shape index (κ2) is 5.00. The van der Waals surface area contributed by atoms with Crippen LogP contribution in [0.2, 0.25) is 0 Å². The standard InChI is InChI=1S/C20H32O2/c1-19-9-3-4-16(19)15-8-7-14-6-5-13(12-21)10-20(14,2)18(15)17(22)11-19/h12,14-18,21-22H,3-11H2,1-2H3/t14-,15+,16+,17?,18-,19+,20+/m1/s1. The van der Waals surface area contributed by atoms with Crippen molar-refractivity contribution in [3.8, 4) is 0 Å². The Hall–Kier alpha value is -0.500. The number of hydrogen-bond donors (Lipinski definition) is 2. The van der Waals surface area contributed by atoms with E-state index in [1.54, 1.807) is 0 Å². The third-order valence-corrected chi connectivity index (χ3v) is 8.37. The van der Waals surface area contributed by atoms with E-state index >= 15 is 0 Å². The lowest BCUT2D eigenvalue weighted by Gasteiger charge is -2.61. The minimum Gasteiger partial charge on any atom is -0.516 e. The highest BCUT2D eigenvalue weighted by Gasteiger charge is 2.60. The lowest BCUT2D eigenvalue weighted by molar-refractivity contribution is -0.157. The van der Waals surface area contributed by atoms with E-state index in [0.29, 0.717) is 11.3 Å². The normalized spacial score (nSPS) is 56.3. The maximum absolute atomic E-state index is 11.1. The van der Waals surface area contributed by atoms with E-state index in [1.807, 2.05) is 0 Å². The molecule has 7 atom stereocenters. The van der Waals surface area contributed by atoms with E-state index in [-0.39, 0.29) is 11.5 Å². The highest BCUT2D eigenvalue weighted by Crippen LogP contribution is 2.66. The Morgan fingerprint density at radius 2 is 1.95 bits per heavy atom. The van der Waals surface area contributed by atoms with Gasteiger partial charge in [-0.2, -0.15) is 0 Å². The quantitative estimate of drug-likeness (QED) is 0.629. The first-order valence-corrected chi connectivity index (χ1v) is 9.48. The second-order valence-corrected chi connectivity index (χ2v) is 9.40. The third-order valence-electron chi connectivity index (χ3n) is 8.37. The molecule has 4 rings (SSSR count). The molecule has 4 aliphatic rings. The summed E-state index contributed by atoms with van der Waals surface area (Å²) in [5.41, 5.74) is 1.82. The van der Waals surface area contributed by atoms with Crippen molar-refractivity contribution in [2.45, 2.75) is 77.7 Å². The molecule has 0 amide bonds. The number of aliphatic hydroxyl groups is 2. The lowest BCUT2D eigenvalue weighted by atomic mass is 9.44. The van der Waals surface area contributed by atoms with Gasteiger partial charge in [0.25, 0.3) is 0 Å². The molecule has 2 N–H and O–H groups in total. The molecule has 0 saturated heterocycles. The first kappa shape index (κ1) is 15.1. The molecule has 0 heterocycles. The van der Waals surface area contributed by atoms with Gasteiger partial charge in [0.1, 0.15) is 0 Å². The Kier molecular flexibility index (Phi) is 3.42. The summed E-state index contributed by atoms with van der Waals surface area (Å²) < 4.78 is 0. The van der Waals surface area contributed by atoms with Gasteiger partial charge in [-0.1, -0.05) is 20.3 Å². The Morgan fingerprint density at radius 3 is 2.73 bits per heavy atom. The molecule has 0 aromatic carbocycles. The summed E-state index contributed by atoms with van der Waals surface area (Å²) in [6.07, 6.45) is 12.3. The molecular weight excluding hydrogens is 272 g/mol. The summed E-state index contributed by atoms with van der Waals surface area (Å²) >= 11 is 0. The largest absolute Gasteiger partial charge is 0.516 e. The fraction of sp³-hybridized carbons (Fsp3) is 0.900. The van der Waals surface area contributed by atoms with Gasteiger partial charge in [-0.15, -0.1) is 0 Å². The number of rotatable bonds is 0. The fourth-order valence-corrected chi connectivity index (χ4v) is 7.47. The van der Waals surface area contributed by atoms with Crippen molar-refractivity contribution in [3.05, 3.63) is 11.8 Å². The summed E-state index contributed by atoms with van der Waals surface area (Å²) in [4.78, 5) is 0. The highest BCUT2D eigenvalue weighted by molar-refractivity contribution is 5.16. The molecule has 4 saturated carbocycles. The second-order valence-electron chi connectivity index (χ2n) is 9.40. The molecule has 0 aliphatic heterocycles. The zero-order chi connectivity index (χ0) is 15.5. The summed E-state index contributed by atoms with van der Waals surface area (Å²) in [5, 5.41) is 20.6. The third kappa shape index (κ3) is 1.95. The molecular formula is C20H32O2. The molecule has 4 aliphatic carbocycles. The van der Waals surface area contributed by atoms with Gasteiger partial charge in [-0.05, 0) is 91.4 Å². The van der Waals surface area contributed by atoms with Crippen LogP contribution in [0, 0.1) is 34.5 Å². The predicted molar refractivity (Wildman–Crippen MR) is 88.4 cm³/mol. The monoisotopic (exact) mass is 304 g/mol. The van der Waals surface area contributed by atoms with E-state index in [0.717, 1.165) is 37.0 Å². The van der Waals surface area contributed by atoms with E-state index in [4.69, 9.17) is 0 Å². The fourth-order valence-electron chi connectivity index (χ4n) is 7.47. The van der Waals surface area contributed by atoms with E-state index < -0.39 is 0 Å². The van der Waals surface area contributed by atoms with Crippen molar-refractivity contribution in [3.63, 3.8) is 0 Å². The molecule has 0 aromatic heterocycles. The molecule has 2 nitrogen and oxygen atoms in total. The summed E-state index contributed by atoms with van der Waals surface area (Å²) in [6, 6.07) is 0. The van der Waals surface area contributed by atoms with Crippen LogP contribution < -0.4 is 0 Å². The molecule has 0 spiro atoms. The van der Waals surface area contributed by atoms with Crippen molar-refractivity contribution in [2.24, 2.45) is 34.5 Å². The molecule has 0 radical (unpaired) electrons. The molecule has 0 aromatic rings. The highest BCUT2D eigenvalue weighted by atomic mass is 16.3. The maximum Gasteiger partial charge on any atom is 0.0783 e. The van der Waals surface area contributed by atoms with Crippen LogP contribution >= 0.6 is 0 Å². The number of aliphatic hydroxyl groups excluding tert-OH is 2. The van der Waals surface area contributed by atoms with Gasteiger partial charge in [-0.3, -0.25) is 0 Å². The Balaban J connectivity index is 1.70. The van der Waals surface area contributed by atoms with E-state index in [9.17, 15) is 10.2 Å². The average molecular weight is 304 g/mol. The minimum absolute atomic E-state index is 0.129. The van der Waals surface area contributed by atoms with Crippen LogP contribution in [0.4, 0.5) is 0 Å². The summed E-state index contributed by atoms with van der Waals surface area (Å²) in [7, 11) is 0. The number of hydrogen-bond acceptors (Lipinski definition) is 2. The minimum atomic E-state index is -0.129. The molecule has 124 valence electrons. The zero-order valence-electron chi connectivity index (χ0n) is 14.2. The Labute approximate surface area is 135 Å². The van der Waals surface area contributed by atoms with Crippen LogP contribution in [-0.2, 0) is 0 Å². The predicted octanol–water partition coefficient (Wildman–Crippen LogP) is 4.83. The van der Waals surface area contributed by atoms with Crippen LogP contribution in [-0.4, -0.2) is 16.3 Å². The van der Waals surface area contributed by atoms with Gasteiger partial charge >= 0.3 is 0 Å². The summed E-state index contributed by atoms with van der Waals surface area (Å²) in [6.45, 7) is 4.87. The van der Waals surface area contributed by atoms with Crippen LogP contribution in [0.1, 0.15) is 71.6 Å². The lowest BCUT2D eigenvalue weighted by Crippen LogP contribution is -2.57. The first-order valence-electron chi connectivity index (χ1n) is 9.48. The van der Waals surface area contributed by atoms with Crippen molar-refractivity contribution in [1.82, 2.24) is 0 Å². The maximum atomic E-state index is 11.1. The van der Waals surface area contributed by atoms with E-state index in [1.165, 1.54) is 50.4 Å². The van der Waals surface area contributed by atoms with Crippen LogP contribution in [0.5, 0.6) is 0 Å². The molecule has 1 unspecified atom stereocenters. The van der Waals surface area contributed by atoms with Gasteiger partial charge in [-0.25, -0.2) is 0 Å². The number of allylic oxidation sites excluding steroid dienone is 1. The molecule has 0 bridgehead atoms. The molecule has 4 fully saturated rings.